The molecule has 0 aliphatic rings. The number of nitrogens with one attached hydrogen (secondary N) is 1. The van der Waals surface area contributed by atoms with Crippen LogP contribution in [-0.2, 0) is 0 Å². The molecule has 1 N–H and O–H groups in total. The van der Waals surface area contributed by atoms with E-state index in [0.29, 0.717) is 38.4 Å². The number of aromatic nitrogens is 4. The van der Waals surface area contributed by atoms with Crippen LogP contribution in [0.25, 0.3) is 22.4 Å². The molecule has 0 unspecified atom stereocenters. The Kier molecular flexibility index (Phi) is 8.66. The zero-order valence-electron chi connectivity index (χ0n) is 19.8. The molecule has 7 nitrogen and oxygen atoms in total. The topological polar surface area (TPSA) is 82.0 Å². The van der Waals surface area contributed by atoms with Crippen LogP contribution < -0.4 is 14.8 Å². The van der Waals surface area contributed by atoms with E-state index in [1.54, 1.807) is 24.4 Å². The number of anilines is 2. The summed E-state index contributed by atoms with van der Waals surface area (Å²) in [5.41, 5.74) is 2.70. The van der Waals surface area contributed by atoms with Gasteiger partial charge in [-0.25, -0.2) is 4.98 Å². The van der Waals surface area contributed by atoms with Gasteiger partial charge in [0.25, 0.3) is 0 Å². The Balaban J connectivity index is 1.51. The maximum atomic E-state index is 6.37. The van der Waals surface area contributed by atoms with Gasteiger partial charge in [0.05, 0.1) is 17.2 Å². The van der Waals surface area contributed by atoms with E-state index in [4.69, 9.17) is 32.7 Å². The van der Waals surface area contributed by atoms with Crippen molar-refractivity contribution in [3.8, 4) is 22.9 Å². The molecule has 2 aromatic heterocycles. The minimum atomic E-state index is -0.698. The Morgan fingerprint density at radius 2 is 1.66 bits per heavy atom. The summed E-state index contributed by atoms with van der Waals surface area (Å²) >= 11 is 12.0. The molecule has 0 atom stereocenters. The van der Waals surface area contributed by atoms with Crippen LogP contribution in [0.1, 0.15) is 13.8 Å². The summed E-state index contributed by atoms with van der Waals surface area (Å²) in [7, 11) is 1.51. The minimum absolute atomic E-state index is 0.273. The molecule has 0 aliphatic heterocycles. The molecule has 0 aliphatic carbocycles. The molecule has 0 spiro atoms. The maximum absolute atomic E-state index is 6.37. The fraction of sp³-hybridized carbons (Fsp3) is 0.280. The monoisotopic (exact) mass is 573 g/mol. The van der Waals surface area contributed by atoms with Crippen molar-refractivity contribution in [3.05, 3.63) is 58.7 Å². The van der Waals surface area contributed by atoms with Crippen molar-refractivity contribution < 1.29 is 9.47 Å². The molecule has 4 aromatic rings. The summed E-state index contributed by atoms with van der Waals surface area (Å²) in [5.74, 6) is 1.53. The summed E-state index contributed by atoms with van der Waals surface area (Å²) < 4.78 is 11.4. The SMILES string of the molecule is CC[As](CC)CCOc1ccc(Nc2ncc3nc(-c4c(Cl)cccc4Cl)c(OC)nc3n2)cc1. The van der Waals surface area contributed by atoms with Crippen LogP contribution in [0.4, 0.5) is 11.6 Å². The molecule has 182 valence electrons. The fourth-order valence-corrected chi connectivity index (χ4v) is 7.11. The Hall–Kier alpha value is -2.60. The van der Waals surface area contributed by atoms with E-state index in [1.807, 2.05) is 24.3 Å². The predicted octanol–water partition coefficient (Wildman–Crippen LogP) is 7.06. The molecular weight excluding hydrogens is 548 g/mol. The Labute approximate surface area is 219 Å². The number of hydrogen-bond donors (Lipinski definition) is 1. The van der Waals surface area contributed by atoms with Crippen LogP contribution in [-0.4, -0.2) is 48.3 Å². The van der Waals surface area contributed by atoms with Crippen LogP contribution in [0.15, 0.2) is 48.7 Å². The first kappa shape index (κ1) is 25.5. The van der Waals surface area contributed by atoms with E-state index in [1.165, 1.54) is 22.7 Å². The zero-order chi connectivity index (χ0) is 24.8. The standard InChI is InChI=1S/C25H26AsCl2N5O2/c1-4-26(5-2)13-14-35-17-11-9-16(10-12-17)30-25-29-15-20-23(33-25)32-24(34-3)22(31-20)21-18(27)7-6-8-19(21)28/h6-12,15H,4-5,13-14H2,1-3H3,(H,29,30,32,33). The molecular formula is C25H26AsCl2N5O2. The molecule has 2 aromatic carbocycles. The number of benzene rings is 2. The molecule has 0 saturated heterocycles. The third-order valence-electron chi connectivity index (χ3n) is 5.47. The second kappa shape index (κ2) is 11.9. The molecule has 0 fully saturated rings. The van der Waals surface area contributed by atoms with Crippen LogP contribution in [0, 0.1) is 0 Å². The quantitative estimate of drug-likeness (QED) is 0.203. The molecule has 2 heterocycles. The Bertz CT molecular complexity index is 1280. The molecule has 10 heteroatoms. The predicted molar refractivity (Wildman–Crippen MR) is 144 cm³/mol. The van der Waals surface area contributed by atoms with Gasteiger partial charge in [-0.2, -0.15) is 0 Å². The van der Waals surface area contributed by atoms with Crippen molar-refractivity contribution in [2.24, 2.45) is 0 Å². The number of hydrogen-bond acceptors (Lipinski definition) is 7. The van der Waals surface area contributed by atoms with Gasteiger partial charge in [-0.05, 0) is 12.1 Å². The third-order valence-corrected chi connectivity index (χ3v) is 11.6. The first-order valence-electron chi connectivity index (χ1n) is 11.3. The third kappa shape index (κ3) is 6.16. The van der Waals surface area contributed by atoms with E-state index in [-0.39, 0.29) is 5.88 Å². The van der Waals surface area contributed by atoms with Gasteiger partial charge in [0.1, 0.15) is 5.69 Å². The summed E-state index contributed by atoms with van der Waals surface area (Å²) in [6, 6.07) is 13.0. The van der Waals surface area contributed by atoms with Gasteiger partial charge < -0.3 is 4.74 Å². The summed E-state index contributed by atoms with van der Waals surface area (Å²) in [6.45, 7) is 5.35. The Morgan fingerprint density at radius 3 is 2.31 bits per heavy atom. The Morgan fingerprint density at radius 1 is 0.943 bits per heavy atom. The van der Waals surface area contributed by atoms with Crippen molar-refractivity contribution >= 4 is 60.7 Å². The molecule has 0 bridgehead atoms. The van der Waals surface area contributed by atoms with Gasteiger partial charge in [-0.3, -0.25) is 0 Å². The zero-order valence-corrected chi connectivity index (χ0v) is 23.1. The number of methoxy groups -OCH3 is 1. The fourth-order valence-electron chi connectivity index (χ4n) is 3.53. The second-order valence-electron chi connectivity index (χ2n) is 7.61. The van der Waals surface area contributed by atoms with Gasteiger partial charge in [0.2, 0.25) is 5.88 Å². The molecule has 4 rings (SSSR count). The van der Waals surface area contributed by atoms with Crippen molar-refractivity contribution in [3.63, 3.8) is 0 Å². The van der Waals surface area contributed by atoms with Crippen LogP contribution in [0.2, 0.25) is 25.7 Å². The second-order valence-corrected chi connectivity index (χ2v) is 14.8. The molecule has 0 saturated carbocycles. The van der Waals surface area contributed by atoms with Gasteiger partial charge in [-0.1, -0.05) is 29.3 Å². The molecule has 0 radical (unpaired) electrons. The summed E-state index contributed by atoms with van der Waals surface area (Å²) in [4.78, 5) is 18.0. The van der Waals surface area contributed by atoms with E-state index in [0.717, 1.165) is 18.0 Å². The van der Waals surface area contributed by atoms with Crippen LogP contribution in [0.3, 0.4) is 0 Å². The number of halogens is 2. The van der Waals surface area contributed by atoms with Gasteiger partial charge >= 0.3 is 135 Å². The van der Waals surface area contributed by atoms with Crippen LogP contribution >= 0.6 is 23.2 Å². The molecule has 0 amide bonds. The van der Waals surface area contributed by atoms with Crippen LogP contribution in [0.5, 0.6) is 11.6 Å². The van der Waals surface area contributed by atoms with E-state index < -0.39 is 14.7 Å². The van der Waals surface area contributed by atoms with Crippen molar-refractivity contribution in [1.29, 1.82) is 0 Å². The van der Waals surface area contributed by atoms with Gasteiger partial charge in [-0.15, -0.1) is 0 Å². The number of fused-ring (bicyclic) bond motifs is 1. The number of ether oxygens (including phenoxy) is 2. The van der Waals surface area contributed by atoms with Gasteiger partial charge in [0.15, 0.2) is 0 Å². The average Bonchev–Trinajstić information content (AvgIpc) is 2.87. The average molecular weight is 574 g/mol. The molecule has 35 heavy (non-hydrogen) atoms. The van der Waals surface area contributed by atoms with Crippen molar-refractivity contribution in [2.75, 3.05) is 19.0 Å². The van der Waals surface area contributed by atoms with E-state index >= 15 is 0 Å². The first-order valence-corrected chi connectivity index (χ1v) is 16.0. The summed E-state index contributed by atoms with van der Waals surface area (Å²) in [5, 5.41) is 7.96. The number of rotatable bonds is 10. The number of nitrogens with zero attached hydrogens (tertiary/aromatic N) is 4. The normalized spacial score (nSPS) is 11.1. The van der Waals surface area contributed by atoms with E-state index in [2.05, 4.69) is 39.1 Å². The van der Waals surface area contributed by atoms with Crippen molar-refractivity contribution in [2.45, 2.75) is 29.5 Å². The van der Waals surface area contributed by atoms with E-state index in [9.17, 15) is 0 Å². The van der Waals surface area contributed by atoms with Gasteiger partial charge in [0, 0.05) is 5.56 Å². The van der Waals surface area contributed by atoms with Crippen molar-refractivity contribution in [1.82, 2.24) is 19.9 Å². The first-order chi connectivity index (χ1) is 17.0. The summed E-state index contributed by atoms with van der Waals surface area (Å²) in [6.07, 6.45) is 1.60.